The molecule has 1 aromatic rings. The van der Waals surface area contributed by atoms with E-state index in [1.54, 1.807) is 0 Å². The van der Waals surface area contributed by atoms with Gasteiger partial charge in [0.15, 0.2) is 0 Å². The van der Waals surface area contributed by atoms with Crippen molar-refractivity contribution in [2.24, 2.45) is 0 Å². The largest absolute Gasteiger partial charge is 0.370 e. The molecule has 0 radical (unpaired) electrons. The predicted octanol–water partition coefficient (Wildman–Crippen LogP) is 3.00. The van der Waals surface area contributed by atoms with E-state index in [1.807, 2.05) is 11.8 Å². The van der Waals surface area contributed by atoms with Gasteiger partial charge in [-0.3, -0.25) is 0 Å². The first-order chi connectivity index (χ1) is 7.85. The average Bonchev–Trinajstić information content (AvgIpc) is 2.74. The normalized spacial score (nSPS) is 13.9. The number of nitrogens with zero attached hydrogens (tertiary/aromatic N) is 2. The van der Waals surface area contributed by atoms with Crippen molar-refractivity contribution in [2.45, 2.75) is 44.6 Å². The average molecular weight is 237 g/mol. The molecule has 0 spiro atoms. The first-order valence-corrected chi connectivity index (χ1v) is 7.20. The standard InChI is InChI=1S/C12H19N3S/c1-3-5-11-14-10-8-16-7-9(10)12(15-11)13-6-4-2/h3-8H2,1-2H3,(H,13,14,15). The molecule has 1 N–H and O–H groups in total. The third-order valence-corrected chi connectivity index (χ3v) is 3.61. The van der Waals surface area contributed by atoms with Crippen LogP contribution in [0.5, 0.6) is 0 Å². The second-order valence-electron chi connectivity index (χ2n) is 4.08. The Bertz CT molecular complexity index is 366. The van der Waals surface area contributed by atoms with Gasteiger partial charge in [0.05, 0.1) is 5.69 Å². The molecule has 0 saturated heterocycles. The maximum absolute atomic E-state index is 4.64. The summed E-state index contributed by atoms with van der Waals surface area (Å²) in [4.78, 5) is 9.28. The molecule has 0 aliphatic carbocycles. The molecule has 0 bridgehead atoms. The van der Waals surface area contributed by atoms with E-state index in [0.717, 1.165) is 49.0 Å². The van der Waals surface area contributed by atoms with Crippen molar-refractivity contribution in [1.82, 2.24) is 9.97 Å². The van der Waals surface area contributed by atoms with Gasteiger partial charge in [0, 0.05) is 30.0 Å². The lowest BCUT2D eigenvalue weighted by Gasteiger charge is -2.10. The minimum atomic E-state index is 0.985. The van der Waals surface area contributed by atoms with Crippen LogP contribution in [0.1, 0.15) is 43.8 Å². The highest BCUT2D eigenvalue weighted by Gasteiger charge is 2.19. The number of hydrogen-bond donors (Lipinski definition) is 1. The minimum Gasteiger partial charge on any atom is -0.370 e. The van der Waals surface area contributed by atoms with E-state index in [9.17, 15) is 0 Å². The molecule has 1 aromatic heterocycles. The molecule has 1 aliphatic rings. The molecule has 2 heterocycles. The van der Waals surface area contributed by atoms with Crippen LogP contribution in [0.2, 0.25) is 0 Å². The van der Waals surface area contributed by atoms with Crippen LogP contribution in [0.25, 0.3) is 0 Å². The van der Waals surface area contributed by atoms with Crippen molar-refractivity contribution in [3.63, 3.8) is 0 Å². The molecule has 0 amide bonds. The number of nitrogens with one attached hydrogen (secondary N) is 1. The van der Waals surface area contributed by atoms with E-state index < -0.39 is 0 Å². The Hall–Kier alpha value is -0.770. The Balaban J connectivity index is 2.25. The predicted molar refractivity (Wildman–Crippen MR) is 69.8 cm³/mol. The maximum Gasteiger partial charge on any atom is 0.134 e. The molecule has 0 atom stereocenters. The molecule has 0 saturated carbocycles. The molecule has 0 fully saturated rings. The van der Waals surface area contributed by atoms with Gasteiger partial charge < -0.3 is 5.32 Å². The molecule has 88 valence electrons. The second kappa shape index (κ2) is 5.53. The summed E-state index contributed by atoms with van der Waals surface area (Å²) in [6.07, 6.45) is 3.23. The van der Waals surface area contributed by atoms with Gasteiger partial charge in [-0.05, 0) is 12.8 Å². The van der Waals surface area contributed by atoms with Gasteiger partial charge in [-0.2, -0.15) is 11.8 Å². The topological polar surface area (TPSA) is 37.8 Å². The molecule has 4 heteroatoms. The Morgan fingerprint density at radius 2 is 2.06 bits per heavy atom. The summed E-state index contributed by atoms with van der Waals surface area (Å²) >= 11 is 1.93. The van der Waals surface area contributed by atoms with Crippen LogP contribution in [0.15, 0.2) is 0 Å². The molecular weight excluding hydrogens is 218 g/mol. The number of thioether (sulfide) groups is 1. The monoisotopic (exact) mass is 237 g/mol. The summed E-state index contributed by atoms with van der Waals surface area (Å²) in [5, 5.41) is 3.43. The quantitative estimate of drug-likeness (QED) is 0.854. The SMILES string of the molecule is CCCNc1nc(CCC)nc2c1CSC2. The van der Waals surface area contributed by atoms with Crippen molar-refractivity contribution in [3.05, 3.63) is 17.1 Å². The highest BCUT2D eigenvalue weighted by molar-refractivity contribution is 7.98. The van der Waals surface area contributed by atoms with Crippen molar-refractivity contribution in [2.75, 3.05) is 11.9 Å². The zero-order valence-electron chi connectivity index (χ0n) is 10.0. The Morgan fingerprint density at radius 3 is 2.81 bits per heavy atom. The van der Waals surface area contributed by atoms with Gasteiger partial charge in [-0.25, -0.2) is 9.97 Å². The van der Waals surface area contributed by atoms with E-state index in [2.05, 4.69) is 29.1 Å². The zero-order chi connectivity index (χ0) is 11.4. The second-order valence-corrected chi connectivity index (χ2v) is 5.07. The summed E-state index contributed by atoms with van der Waals surface area (Å²) in [5.41, 5.74) is 2.58. The molecule has 0 aromatic carbocycles. The molecule has 0 unspecified atom stereocenters. The summed E-state index contributed by atoms with van der Waals surface area (Å²) in [7, 11) is 0. The third kappa shape index (κ3) is 2.48. The van der Waals surface area contributed by atoms with Crippen LogP contribution in [-0.2, 0) is 17.9 Å². The van der Waals surface area contributed by atoms with Crippen LogP contribution < -0.4 is 5.32 Å². The number of aryl methyl sites for hydroxylation is 1. The fourth-order valence-electron chi connectivity index (χ4n) is 1.83. The molecule has 1 aliphatic heterocycles. The van der Waals surface area contributed by atoms with Gasteiger partial charge in [-0.1, -0.05) is 13.8 Å². The number of aromatic nitrogens is 2. The van der Waals surface area contributed by atoms with Gasteiger partial charge in [-0.15, -0.1) is 0 Å². The third-order valence-electron chi connectivity index (χ3n) is 2.64. The van der Waals surface area contributed by atoms with Crippen LogP contribution in [0.4, 0.5) is 5.82 Å². The van der Waals surface area contributed by atoms with Gasteiger partial charge >= 0.3 is 0 Å². The van der Waals surface area contributed by atoms with E-state index in [4.69, 9.17) is 0 Å². The fourth-order valence-corrected chi connectivity index (χ4v) is 2.87. The Morgan fingerprint density at radius 1 is 1.19 bits per heavy atom. The first-order valence-electron chi connectivity index (χ1n) is 6.05. The first kappa shape index (κ1) is 11.7. The van der Waals surface area contributed by atoms with Gasteiger partial charge in [0.1, 0.15) is 11.6 Å². The lowest BCUT2D eigenvalue weighted by Crippen LogP contribution is -2.09. The highest BCUT2D eigenvalue weighted by Crippen LogP contribution is 2.32. The van der Waals surface area contributed by atoms with E-state index in [-0.39, 0.29) is 0 Å². The van der Waals surface area contributed by atoms with Crippen LogP contribution in [0.3, 0.4) is 0 Å². The smallest absolute Gasteiger partial charge is 0.134 e. The maximum atomic E-state index is 4.64. The van der Waals surface area contributed by atoms with E-state index >= 15 is 0 Å². The summed E-state index contributed by atoms with van der Waals surface area (Å²) < 4.78 is 0. The number of rotatable bonds is 5. The summed E-state index contributed by atoms with van der Waals surface area (Å²) in [6, 6.07) is 0. The Labute approximate surface area is 101 Å². The van der Waals surface area contributed by atoms with E-state index in [1.165, 1.54) is 11.3 Å². The van der Waals surface area contributed by atoms with Crippen molar-refractivity contribution >= 4 is 17.6 Å². The van der Waals surface area contributed by atoms with E-state index in [0.29, 0.717) is 0 Å². The minimum absolute atomic E-state index is 0.985. The van der Waals surface area contributed by atoms with Crippen molar-refractivity contribution in [3.8, 4) is 0 Å². The van der Waals surface area contributed by atoms with Crippen molar-refractivity contribution < 1.29 is 0 Å². The van der Waals surface area contributed by atoms with Crippen molar-refractivity contribution in [1.29, 1.82) is 0 Å². The highest BCUT2D eigenvalue weighted by atomic mass is 32.2. The van der Waals surface area contributed by atoms with Crippen LogP contribution in [0, 0.1) is 0 Å². The molecule has 3 nitrogen and oxygen atoms in total. The summed E-state index contributed by atoms with van der Waals surface area (Å²) in [5.74, 6) is 4.20. The summed E-state index contributed by atoms with van der Waals surface area (Å²) in [6.45, 7) is 5.35. The fraction of sp³-hybridized carbons (Fsp3) is 0.667. The zero-order valence-corrected chi connectivity index (χ0v) is 10.9. The molecular formula is C12H19N3S. The molecule has 16 heavy (non-hydrogen) atoms. The lowest BCUT2D eigenvalue weighted by molar-refractivity contribution is 0.817. The number of fused-ring (bicyclic) bond motifs is 1. The number of hydrogen-bond acceptors (Lipinski definition) is 4. The lowest BCUT2D eigenvalue weighted by atomic mass is 10.2. The van der Waals surface area contributed by atoms with Gasteiger partial charge in [0.25, 0.3) is 0 Å². The van der Waals surface area contributed by atoms with Crippen LogP contribution in [-0.4, -0.2) is 16.5 Å². The Kier molecular flexibility index (Phi) is 4.04. The van der Waals surface area contributed by atoms with Crippen LogP contribution >= 0.6 is 11.8 Å². The molecule has 2 rings (SSSR count). The van der Waals surface area contributed by atoms with Gasteiger partial charge in [0.2, 0.25) is 0 Å². The number of anilines is 1.